The lowest BCUT2D eigenvalue weighted by Gasteiger charge is -2.30. The lowest BCUT2D eigenvalue weighted by atomic mass is 9.93. The van der Waals surface area contributed by atoms with Crippen LogP contribution in [0.25, 0.3) is 33.1 Å². The monoisotopic (exact) mass is 599 g/mol. The standard InChI is InChI=1S/C29H23BrFN7O2/c30-20-5-6-22-25(12-20)33-28(27(22)31)29(39)37-9-7-17(8-10-37)24-13-21(40-35-24)15-38-16-26(34-36-38)19-11-18-3-1-2-4-23(18)32-14-19/h1-6,11-14,16-17,33H,7-10,15H2. The van der Waals surface area contributed by atoms with Crippen LogP contribution in [0.5, 0.6) is 0 Å². The molecule has 1 fully saturated rings. The number of pyridine rings is 1. The zero-order chi connectivity index (χ0) is 27.2. The molecule has 0 radical (unpaired) electrons. The van der Waals surface area contributed by atoms with Crippen LogP contribution in [0.15, 0.2) is 76.0 Å². The number of nitrogens with zero attached hydrogens (tertiary/aromatic N) is 6. The molecule has 4 aromatic heterocycles. The molecule has 0 aliphatic carbocycles. The first-order valence-corrected chi connectivity index (χ1v) is 13.8. The van der Waals surface area contributed by atoms with Gasteiger partial charge in [-0.15, -0.1) is 5.10 Å². The number of nitrogens with one attached hydrogen (secondary N) is 1. The number of hydrogen-bond donors (Lipinski definition) is 1. The second kappa shape index (κ2) is 9.98. The molecule has 1 N–H and O–H groups in total. The molecule has 1 amide bonds. The maximum Gasteiger partial charge on any atom is 0.273 e. The van der Waals surface area contributed by atoms with E-state index in [0.717, 1.165) is 32.3 Å². The Hall–Kier alpha value is -4.38. The van der Waals surface area contributed by atoms with Gasteiger partial charge in [0.2, 0.25) is 0 Å². The number of H-pyrrole nitrogens is 1. The molecule has 5 heterocycles. The Morgan fingerprint density at radius 2 is 1.98 bits per heavy atom. The lowest BCUT2D eigenvalue weighted by Crippen LogP contribution is -2.38. The van der Waals surface area contributed by atoms with E-state index in [4.69, 9.17) is 4.52 Å². The number of carbonyl (C=O) groups is 1. The van der Waals surface area contributed by atoms with E-state index < -0.39 is 5.82 Å². The molecule has 200 valence electrons. The van der Waals surface area contributed by atoms with Gasteiger partial charge in [-0.05, 0) is 43.2 Å². The predicted molar refractivity (Wildman–Crippen MR) is 150 cm³/mol. The molecule has 0 unspecified atom stereocenters. The van der Waals surface area contributed by atoms with Crippen LogP contribution in [0.2, 0.25) is 0 Å². The van der Waals surface area contributed by atoms with E-state index in [0.29, 0.717) is 49.1 Å². The number of benzene rings is 2. The SMILES string of the molecule is O=C(c1[nH]c2cc(Br)ccc2c1F)N1CCC(c2cc(Cn3cc(-c4cnc5ccccc5c4)nn3)on2)CC1. The molecule has 0 bridgehead atoms. The molecule has 11 heteroatoms. The summed E-state index contributed by atoms with van der Waals surface area (Å²) in [4.78, 5) is 22.2. The van der Waals surface area contributed by atoms with Crippen molar-refractivity contribution in [2.24, 2.45) is 0 Å². The highest BCUT2D eigenvalue weighted by Gasteiger charge is 2.29. The third kappa shape index (κ3) is 4.56. The summed E-state index contributed by atoms with van der Waals surface area (Å²) in [6.07, 6.45) is 5.09. The molecular formula is C29H23BrFN7O2. The fourth-order valence-corrected chi connectivity index (χ4v) is 5.66. The van der Waals surface area contributed by atoms with E-state index in [2.05, 4.69) is 41.4 Å². The van der Waals surface area contributed by atoms with Gasteiger partial charge in [0.25, 0.3) is 5.91 Å². The van der Waals surface area contributed by atoms with Crippen LogP contribution in [0.1, 0.15) is 40.7 Å². The van der Waals surface area contributed by atoms with E-state index in [9.17, 15) is 9.18 Å². The van der Waals surface area contributed by atoms with Crippen LogP contribution in [-0.4, -0.2) is 54.0 Å². The van der Waals surface area contributed by atoms with Gasteiger partial charge in [0, 0.05) is 52.1 Å². The van der Waals surface area contributed by atoms with Gasteiger partial charge in [-0.3, -0.25) is 9.78 Å². The number of para-hydroxylation sites is 1. The van der Waals surface area contributed by atoms with Crippen molar-refractivity contribution in [2.45, 2.75) is 25.3 Å². The number of fused-ring (bicyclic) bond motifs is 2. The molecule has 6 aromatic rings. The number of amides is 1. The van der Waals surface area contributed by atoms with Crippen LogP contribution in [0.4, 0.5) is 4.39 Å². The molecule has 1 saturated heterocycles. The Balaban J connectivity index is 0.993. The normalized spacial score (nSPS) is 14.4. The maximum atomic E-state index is 14.9. The Labute approximate surface area is 236 Å². The van der Waals surface area contributed by atoms with Gasteiger partial charge in [-0.2, -0.15) is 0 Å². The number of aromatic amines is 1. The minimum Gasteiger partial charge on any atom is -0.359 e. The van der Waals surface area contributed by atoms with Crippen LogP contribution < -0.4 is 0 Å². The summed E-state index contributed by atoms with van der Waals surface area (Å²) < 4.78 is 23.1. The van der Waals surface area contributed by atoms with Crippen LogP contribution in [0, 0.1) is 5.82 Å². The minimum atomic E-state index is -0.510. The maximum absolute atomic E-state index is 14.9. The number of halogens is 2. The van der Waals surface area contributed by atoms with E-state index in [1.807, 2.05) is 42.6 Å². The topological polar surface area (TPSA) is 106 Å². The van der Waals surface area contributed by atoms with E-state index in [-0.39, 0.29) is 17.5 Å². The number of piperidine rings is 1. The molecule has 1 aliphatic heterocycles. The Morgan fingerprint density at radius 3 is 2.85 bits per heavy atom. The minimum absolute atomic E-state index is 0.00180. The van der Waals surface area contributed by atoms with Gasteiger partial charge in [0.1, 0.15) is 17.9 Å². The quantitative estimate of drug-likeness (QED) is 0.263. The van der Waals surface area contributed by atoms with Crippen molar-refractivity contribution in [3.8, 4) is 11.3 Å². The number of likely N-dealkylation sites (tertiary alicyclic amines) is 1. The van der Waals surface area contributed by atoms with Crippen molar-refractivity contribution >= 4 is 43.6 Å². The molecule has 0 atom stereocenters. The summed E-state index contributed by atoms with van der Waals surface area (Å²) >= 11 is 3.38. The average molecular weight is 600 g/mol. The fraction of sp³-hybridized carbons (Fsp3) is 0.207. The summed E-state index contributed by atoms with van der Waals surface area (Å²) in [6.45, 7) is 1.42. The first kappa shape index (κ1) is 24.6. The Bertz CT molecular complexity index is 1870. The van der Waals surface area contributed by atoms with Gasteiger partial charge in [-0.1, -0.05) is 44.5 Å². The van der Waals surface area contributed by atoms with Crippen molar-refractivity contribution in [2.75, 3.05) is 13.1 Å². The molecule has 40 heavy (non-hydrogen) atoms. The summed E-state index contributed by atoms with van der Waals surface area (Å²) in [5, 5.41) is 14.3. The molecule has 1 aliphatic rings. The number of hydrogen-bond acceptors (Lipinski definition) is 6. The summed E-state index contributed by atoms with van der Waals surface area (Å²) in [5.41, 5.74) is 4.00. The lowest BCUT2D eigenvalue weighted by molar-refractivity contribution is 0.0701. The zero-order valence-electron chi connectivity index (χ0n) is 21.2. The molecule has 0 saturated carbocycles. The van der Waals surface area contributed by atoms with Crippen molar-refractivity contribution in [3.05, 3.63) is 94.4 Å². The second-order valence-corrected chi connectivity index (χ2v) is 10.9. The van der Waals surface area contributed by atoms with Gasteiger partial charge < -0.3 is 14.4 Å². The average Bonchev–Trinajstić information content (AvgIpc) is 3.72. The van der Waals surface area contributed by atoms with Gasteiger partial charge >= 0.3 is 0 Å². The molecular weight excluding hydrogens is 577 g/mol. The van der Waals surface area contributed by atoms with Crippen molar-refractivity contribution in [1.82, 2.24) is 35.0 Å². The van der Waals surface area contributed by atoms with Gasteiger partial charge in [0.05, 0.1) is 22.9 Å². The number of rotatable bonds is 5. The number of aromatic nitrogens is 6. The highest BCUT2D eigenvalue weighted by atomic mass is 79.9. The van der Waals surface area contributed by atoms with E-state index in [1.165, 1.54) is 0 Å². The number of carbonyl (C=O) groups excluding carboxylic acids is 1. The summed E-state index contributed by atoms with van der Waals surface area (Å²) in [6, 6.07) is 17.1. The van der Waals surface area contributed by atoms with E-state index >= 15 is 0 Å². The third-order valence-corrected chi connectivity index (χ3v) is 7.92. The fourth-order valence-electron chi connectivity index (χ4n) is 5.29. The van der Waals surface area contributed by atoms with Crippen LogP contribution in [-0.2, 0) is 6.54 Å². The Morgan fingerprint density at radius 1 is 1.12 bits per heavy atom. The predicted octanol–water partition coefficient (Wildman–Crippen LogP) is 5.93. The molecule has 2 aromatic carbocycles. The van der Waals surface area contributed by atoms with E-state index in [1.54, 1.807) is 34.0 Å². The first-order valence-electron chi connectivity index (χ1n) is 13.0. The third-order valence-electron chi connectivity index (χ3n) is 7.43. The second-order valence-electron chi connectivity index (χ2n) is 10.0. The largest absolute Gasteiger partial charge is 0.359 e. The summed E-state index contributed by atoms with van der Waals surface area (Å²) in [5.74, 6) is -0.00965. The first-order chi connectivity index (χ1) is 19.5. The molecule has 9 nitrogen and oxygen atoms in total. The van der Waals surface area contributed by atoms with Crippen molar-refractivity contribution in [3.63, 3.8) is 0 Å². The van der Waals surface area contributed by atoms with Gasteiger partial charge in [0.15, 0.2) is 11.6 Å². The Kier molecular flexibility index (Phi) is 6.15. The van der Waals surface area contributed by atoms with Crippen molar-refractivity contribution < 1.29 is 13.7 Å². The summed E-state index contributed by atoms with van der Waals surface area (Å²) in [7, 11) is 0. The van der Waals surface area contributed by atoms with Crippen LogP contribution >= 0.6 is 15.9 Å². The molecule has 7 rings (SSSR count). The highest BCUT2D eigenvalue weighted by Crippen LogP contribution is 2.30. The molecule has 0 spiro atoms. The highest BCUT2D eigenvalue weighted by molar-refractivity contribution is 9.10. The zero-order valence-corrected chi connectivity index (χ0v) is 22.8. The van der Waals surface area contributed by atoms with Gasteiger partial charge in [-0.25, -0.2) is 9.07 Å². The smallest absolute Gasteiger partial charge is 0.273 e. The van der Waals surface area contributed by atoms with Crippen molar-refractivity contribution in [1.29, 1.82) is 0 Å². The van der Waals surface area contributed by atoms with Crippen LogP contribution in [0.3, 0.4) is 0 Å².